The quantitative estimate of drug-likeness (QED) is 0.622. The molecule has 1 aromatic carbocycles. The van der Waals surface area contributed by atoms with E-state index in [0.29, 0.717) is 49.7 Å². The van der Waals surface area contributed by atoms with Gasteiger partial charge in [-0.2, -0.15) is 0 Å². The molecule has 3 aromatic rings. The van der Waals surface area contributed by atoms with Gasteiger partial charge in [0.1, 0.15) is 0 Å². The van der Waals surface area contributed by atoms with Crippen molar-refractivity contribution in [3.05, 3.63) is 59.7 Å². The number of morpholine rings is 1. The number of nitrogens with one attached hydrogen (secondary N) is 2. The Kier molecular flexibility index (Phi) is 5.78. The Morgan fingerprint density at radius 2 is 2.00 bits per heavy atom. The first-order valence-electron chi connectivity index (χ1n) is 10.8. The van der Waals surface area contributed by atoms with Gasteiger partial charge in [0.15, 0.2) is 18.2 Å². The van der Waals surface area contributed by atoms with Crippen LogP contribution in [0, 0.1) is 5.82 Å². The topological polar surface area (TPSA) is 96.6 Å². The zero-order valence-corrected chi connectivity index (χ0v) is 17.9. The van der Waals surface area contributed by atoms with Crippen LogP contribution in [0.1, 0.15) is 16.1 Å². The lowest BCUT2D eigenvalue weighted by Crippen LogP contribution is -2.43. The highest BCUT2D eigenvalue weighted by Crippen LogP contribution is 2.29. The van der Waals surface area contributed by atoms with E-state index in [-0.39, 0.29) is 24.2 Å². The van der Waals surface area contributed by atoms with Crippen molar-refractivity contribution in [3.8, 4) is 28.3 Å². The Morgan fingerprint density at radius 1 is 1.15 bits per heavy atom. The number of rotatable bonds is 5. The zero-order chi connectivity index (χ0) is 22.8. The van der Waals surface area contributed by atoms with Crippen molar-refractivity contribution in [2.75, 3.05) is 39.5 Å². The van der Waals surface area contributed by atoms with Crippen LogP contribution in [0.25, 0.3) is 22.5 Å². The number of halogens is 1. The average Bonchev–Trinajstić information content (AvgIpc) is 3.30. The molecule has 8 nitrogen and oxygen atoms in total. The van der Waals surface area contributed by atoms with Crippen LogP contribution in [-0.2, 0) is 16.0 Å². The number of carbonyl (C=O) groups excluding carboxylic acids is 2. The Hall–Kier alpha value is -3.72. The first-order chi connectivity index (χ1) is 16.1. The lowest BCUT2D eigenvalue weighted by Gasteiger charge is -2.26. The van der Waals surface area contributed by atoms with E-state index < -0.39 is 5.82 Å². The molecular formula is C24H23FN4O4. The summed E-state index contributed by atoms with van der Waals surface area (Å²) in [7, 11) is 0. The molecular weight excluding hydrogens is 427 g/mol. The van der Waals surface area contributed by atoms with Gasteiger partial charge in [-0.05, 0) is 36.4 Å². The van der Waals surface area contributed by atoms with E-state index in [1.165, 1.54) is 12.1 Å². The van der Waals surface area contributed by atoms with Gasteiger partial charge in [0.25, 0.3) is 11.8 Å². The molecule has 0 unspecified atom stereocenters. The standard InChI is InChI=1S/C24H23FN4O4/c25-18-11-15(1-2-22(18)33-14-23(30)29-7-9-32-10-8-29)20-12-16(3-5-26-20)21-13-17-19(28-21)4-6-27-24(17)31/h1-3,5,11-13,28H,4,6-10,14H2,(H,27,31). The number of hydrogen-bond acceptors (Lipinski definition) is 5. The average molecular weight is 450 g/mol. The summed E-state index contributed by atoms with van der Waals surface area (Å²) < 4.78 is 25.4. The summed E-state index contributed by atoms with van der Waals surface area (Å²) >= 11 is 0. The van der Waals surface area contributed by atoms with E-state index in [9.17, 15) is 14.0 Å². The number of fused-ring (bicyclic) bond motifs is 1. The van der Waals surface area contributed by atoms with E-state index in [1.54, 1.807) is 17.2 Å². The molecule has 2 N–H and O–H groups in total. The van der Waals surface area contributed by atoms with Crippen LogP contribution >= 0.6 is 0 Å². The van der Waals surface area contributed by atoms with Crippen LogP contribution in [0.15, 0.2) is 42.6 Å². The molecule has 0 radical (unpaired) electrons. The number of benzene rings is 1. The van der Waals surface area contributed by atoms with Gasteiger partial charge in [0.05, 0.1) is 24.5 Å². The number of carbonyl (C=O) groups is 2. The minimum Gasteiger partial charge on any atom is -0.481 e. The minimum atomic E-state index is -0.568. The van der Waals surface area contributed by atoms with Crippen molar-refractivity contribution in [1.29, 1.82) is 0 Å². The Morgan fingerprint density at radius 3 is 2.79 bits per heavy atom. The van der Waals surface area contributed by atoms with Crippen LogP contribution in [0.4, 0.5) is 4.39 Å². The van der Waals surface area contributed by atoms with Crippen LogP contribution in [-0.4, -0.2) is 66.1 Å². The number of aromatic nitrogens is 2. The lowest BCUT2D eigenvalue weighted by molar-refractivity contribution is -0.137. The fourth-order valence-electron chi connectivity index (χ4n) is 4.03. The van der Waals surface area contributed by atoms with Gasteiger partial charge in [-0.3, -0.25) is 14.6 Å². The molecule has 0 saturated carbocycles. The Balaban J connectivity index is 1.31. The van der Waals surface area contributed by atoms with E-state index >= 15 is 0 Å². The van der Waals surface area contributed by atoms with Crippen molar-refractivity contribution < 1.29 is 23.5 Å². The van der Waals surface area contributed by atoms with E-state index in [4.69, 9.17) is 9.47 Å². The molecule has 0 spiro atoms. The molecule has 0 atom stereocenters. The molecule has 170 valence electrons. The number of H-pyrrole nitrogens is 1. The van der Waals surface area contributed by atoms with Gasteiger partial charge >= 0.3 is 0 Å². The van der Waals surface area contributed by atoms with Gasteiger partial charge in [0, 0.05) is 54.8 Å². The normalized spacial score (nSPS) is 15.7. The molecule has 0 bridgehead atoms. The summed E-state index contributed by atoms with van der Waals surface area (Å²) in [6.45, 7) is 2.41. The second-order valence-corrected chi connectivity index (χ2v) is 7.94. The van der Waals surface area contributed by atoms with Crippen molar-refractivity contribution in [2.24, 2.45) is 0 Å². The summed E-state index contributed by atoms with van der Waals surface area (Å²) in [6, 6.07) is 10.1. The smallest absolute Gasteiger partial charge is 0.260 e. The molecule has 1 fully saturated rings. The van der Waals surface area contributed by atoms with Crippen LogP contribution in [0.2, 0.25) is 0 Å². The van der Waals surface area contributed by atoms with Gasteiger partial charge in [-0.1, -0.05) is 0 Å². The molecule has 5 rings (SSSR count). The maximum absolute atomic E-state index is 14.7. The molecule has 9 heteroatoms. The molecule has 0 aliphatic carbocycles. The summed E-state index contributed by atoms with van der Waals surface area (Å²) in [6.07, 6.45) is 2.40. The number of nitrogens with zero attached hydrogens (tertiary/aromatic N) is 2. The largest absolute Gasteiger partial charge is 0.481 e. The number of aromatic amines is 1. The van der Waals surface area contributed by atoms with Crippen LogP contribution in [0.5, 0.6) is 5.75 Å². The van der Waals surface area contributed by atoms with Gasteiger partial charge in [0.2, 0.25) is 0 Å². The third-order valence-corrected chi connectivity index (χ3v) is 5.82. The number of hydrogen-bond donors (Lipinski definition) is 2. The second kappa shape index (κ2) is 9.03. The summed E-state index contributed by atoms with van der Waals surface area (Å²) in [5.74, 6) is -0.836. The monoisotopic (exact) mass is 450 g/mol. The number of ether oxygens (including phenoxy) is 2. The highest BCUT2D eigenvalue weighted by atomic mass is 19.1. The van der Waals surface area contributed by atoms with E-state index in [2.05, 4.69) is 15.3 Å². The van der Waals surface area contributed by atoms with E-state index in [1.807, 2.05) is 18.2 Å². The first kappa shape index (κ1) is 21.1. The van der Waals surface area contributed by atoms with Gasteiger partial charge in [-0.25, -0.2) is 4.39 Å². The highest BCUT2D eigenvalue weighted by molar-refractivity contribution is 5.97. The number of amides is 2. The summed E-state index contributed by atoms with van der Waals surface area (Å²) in [5.41, 5.74) is 4.37. The maximum Gasteiger partial charge on any atom is 0.260 e. The second-order valence-electron chi connectivity index (χ2n) is 7.94. The predicted octanol–water partition coefficient (Wildman–Crippen LogP) is 2.41. The van der Waals surface area contributed by atoms with Crippen molar-refractivity contribution in [3.63, 3.8) is 0 Å². The fourth-order valence-corrected chi connectivity index (χ4v) is 4.03. The van der Waals surface area contributed by atoms with Crippen LogP contribution in [0.3, 0.4) is 0 Å². The maximum atomic E-state index is 14.7. The predicted molar refractivity (Wildman–Crippen MR) is 118 cm³/mol. The Bertz CT molecular complexity index is 1200. The molecule has 33 heavy (non-hydrogen) atoms. The Labute approximate surface area is 189 Å². The summed E-state index contributed by atoms with van der Waals surface area (Å²) in [5, 5.41) is 2.83. The lowest BCUT2D eigenvalue weighted by atomic mass is 10.1. The number of pyridine rings is 1. The first-order valence-corrected chi connectivity index (χ1v) is 10.8. The zero-order valence-electron chi connectivity index (χ0n) is 17.9. The molecule has 2 aromatic heterocycles. The SMILES string of the molecule is O=C1NCCc2[nH]c(-c3ccnc(-c4ccc(OCC(=O)N5CCOCC5)c(F)c4)c3)cc21. The molecule has 2 amide bonds. The fraction of sp³-hybridized carbons (Fsp3) is 0.292. The van der Waals surface area contributed by atoms with Crippen molar-refractivity contribution in [2.45, 2.75) is 6.42 Å². The third-order valence-electron chi connectivity index (χ3n) is 5.82. The molecule has 4 heterocycles. The van der Waals surface area contributed by atoms with Gasteiger partial charge in [-0.15, -0.1) is 0 Å². The minimum absolute atomic E-state index is 0.0135. The van der Waals surface area contributed by atoms with Gasteiger partial charge < -0.3 is 24.7 Å². The molecule has 2 aliphatic heterocycles. The van der Waals surface area contributed by atoms with Crippen molar-refractivity contribution in [1.82, 2.24) is 20.2 Å². The summed E-state index contributed by atoms with van der Waals surface area (Å²) in [4.78, 5) is 33.6. The molecule has 2 aliphatic rings. The highest BCUT2D eigenvalue weighted by Gasteiger charge is 2.21. The third kappa shape index (κ3) is 4.45. The van der Waals surface area contributed by atoms with E-state index in [0.717, 1.165) is 23.4 Å². The van der Waals surface area contributed by atoms with Crippen LogP contribution < -0.4 is 10.1 Å². The van der Waals surface area contributed by atoms with Crippen molar-refractivity contribution >= 4 is 11.8 Å². The molecule has 1 saturated heterocycles.